The van der Waals surface area contributed by atoms with E-state index in [0.717, 1.165) is 0 Å². The van der Waals surface area contributed by atoms with Crippen molar-refractivity contribution in [2.75, 3.05) is 19.7 Å². The Kier molecular flexibility index (Phi) is 3.93. The number of aliphatic hydroxyl groups is 1. The number of nitrogens with zero attached hydrogens (tertiary/aromatic N) is 1. The zero-order valence-corrected chi connectivity index (χ0v) is 8.49. The smallest absolute Gasteiger partial charge is 0.298 e. The first kappa shape index (κ1) is 11.0. The van der Waals surface area contributed by atoms with Crippen molar-refractivity contribution in [3.63, 3.8) is 0 Å². The van der Waals surface area contributed by atoms with E-state index in [0.29, 0.717) is 13.1 Å². The number of amides is 1. The van der Waals surface area contributed by atoms with Gasteiger partial charge in [-0.2, -0.15) is 0 Å². The average molecular weight is 197 g/mol. The second kappa shape index (κ2) is 4.99. The van der Waals surface area contributed by atoms with Gasteiger partial charge in [-0.05, 0) is 19.8 Å². The lowest BCUT2D eigenvalue weighted by atomic mass is 10.2. The highest BCUT2D eigenvalue weighted by Crippen LogP contribution is 2.10. The van der Waals surface area contributed by atoms with Gasteiger partial charge in [0.25, 0.3) is 5.91 Å². The molecule has 0 aromatic rings. The first-order valence-corrected chi connectivity index (χ1v) is 4.65. The summed E-state index contributed by atoms with van der Waals surface area (Å²) in [5, 5.41) is 8.94. The third-order valence-corrected chi connectivity index (χ3v) is 2.05. The van der Waals surface area contributed by atoms with Gasteiger partial charge < -0.3 is 14.7 Å². The highest BCUT2D eigenvalue weighted by atomic mass is 16.5. The molecule has 0 aromatic heterocycles. The summed E-state index contributed by atoms with van der Waals surface area (Å²) < 4.78 is 5.40. The minimum atomic E-state index is -0.277. The van der Waals surface area contributed by atoms with Crippen LogP contribution in [0.15, 0.2) is 0 Å². The van der Waals surface area contributed by atoms with Crippen LogP contribution >= 0.6 is 0 Å². The molecule has 0 radical (unpaired) electrons. The zero-order chi connectivity index (χ0) is 10.6. The standard InChI is InChI=1S/C10H15NO3/c1-3-4-10(13)11-5-8(2)14-9(6-11)7-12/h8-9,12H,5-7H2,1-2H3. The molecule has 0 aliphatic carbocycles. The van der Waals surface area contributed by atoms with Crippen LogP contribution in [0.25, 0.3) is 0 Å². The molecule has 1 aliphatic rings. The molecule has 0 bridgehead atoms. The highest BCUT2D eigenvalue weighted by Gasteiger charge is 2.26. The first-order chi connectivity index (χ1) is 6.67. The van der Waals surface area contributed by atoms with Crippen LogP contribution in [0, 0.1) is 11.8 Å². The number of ether oxygens (including phenoxy) is 1. The molecule has 78 valence electrons. The monoisotopic (exact) mass is 197 g/mol. The number of carbonyl (C=O) groups excluding carboxylic acids is 1. The topological polar surface area (TPSA) is 49.8 Å². The molecule has 1 heterocycles. The molecule has 1 fully saturated rings. The lowest BCUT2D eigenvalue weighted by Gasteiger charge is -2.34. The summed E-state index contributed by atoms with van der Waals surface area (Å²) in [5.41, 5.74) is 0. The van der Waals surface area contributed by atoms with Crippen molar-refractivity contribution in [3.05, 3.63) is 0 Å². The van der Waals surface area contributed by atoms with Crippen molar-refractivity contribution < 1.29 is 14.6 Å². The first-order valence-electron chi connectivity index (χ1n) is 4.65. The molecule has 4 heteroatoms. The Morgan fingerprint density at radius 2 is 2.36 bits per heavy atom. The molecule has 2 atom stereocenters. The maximum absolute atomic E-state index is 11.4. The quantitative estimate of drug-likeness (QED) is 0.583. The van der Waals surface area contributed by atoms with Crippen LogP contribution in [0.1, 0.15) is 13.8 Å². The zero-order valence-electron chi connectivity index (χ0n) is 8.49. The predicted molar refractivity (Wildman–Crippen MR) is 51.5 cm³/mol. The Hall–Kier alpha value is -1.05. The molecule has 0 aromatic carbocycles. The van der Waals surface area contributed by atoms with E-state index in [2.05, 4.69) is 11.8 Å². The fourth-order valence-electron chi connectivity index (χ4n) is 1.50. The Morgan fingerprint density at radius 1 is 1.64 bits per heavy atom. The van der Waals surface area contributed by atoms with Crippen LogP contribution in [-0.2, 0) is 9.53 Å². The minimum absolute atomic E-state index is 0.0384. The third-order valence-electron chi connectivity index (χ3n) is 2.05. The van der Waals surface area contributed by atoms with Crippen molar-refractivity contribution in [3.8, 4) is 11.8 Å². The molecule has 1 saturated heterocycles. The molecule has 1 rings (SSSR count). The van der Waals surface area contributed by atoms with Crippen LogP contribution in [0.2, 0.25) is 0 Å². The van der Waals surface area contributed by atoms with Crippen LogP contribution in [0.3, 0.4) is 0 Å². The van der Waals surface area contributed by atoms with Crippen LogP contribution in [-0.4, -0.2) is 47.8 Å². The summed E-state index contributed by atoms with van der Waals surface area (Å²) in [6.07, 6.45) is -0.315. The molecule has 0 spiro atoms. The van der Waals surface area contributed by atoms with E-state index >= 15 is 0 Å². The summed E-state index contributed by atoms with van der Waals surface area (Å²) in [5.74, 6) is 4.85. The summed E-state index contributed by atoms with van der Waals surface area (Å²) in [4.78, 5) is 13.0. The Labute approximate surface area is 83.8 Å². The average Bonchev–Trinajstić information content (AvgIpc) is 2.17. The van der Waals surface area contributed by atoms with E-state index in [9.17, 15) is 4.79 Å². The summed E-state index contributed by atoms with van der Waals surface area (Å²) in [7, 11) is 0. The van der Waals surface area contributed by atoms with E-state index in [-0.39, 0.29) is 24.7 Å². The van der Waals surface area contributed by atoms with Gasteiger partial charge in [-0.1, -0.05) is 5.92 Å². The second-order valence-corrected chi connectivity index (χ2v) is 3.34. The van der Waals surface area contributed by atoms with Crippen molar-refractivity contribution in [1.29, 1.82) is 0 Å². The van der Waals surface area contributed by atoms with E-state index in [4.69, 9.17) is 9.84 Å². The van der Waals surface area contributed by atoms with Crippen LogP contribution in [0.5, 0.6) is 0 Å². The van der Waals surface area contributed by atoms with Crippen molar-refractivity contribution in [1.82, 2.24) is 4.90 Å². The summed E-state index contributed by atoms with van der Waals surface area (Å²) >= 11 is 0. The van der Waals surface area contributed by atoms with Crippen LogP contribution < -0.4 is 0 Å². The largest absolute Gasteiger partial charge is 0.394 e. The summed E-state index contributed by atoms with van der Waals surface area (Å²) in [6.45, 7) is 4.42. The number of hydrogen-bond acceptors (Lipinski definition) is 3. The predicted octanol–water partition coefficient (Wildman–Crippen LogP) is -0.382. The number of rotatable bonds is 1. The van der Waals surface area contributed by atoms with E-state index in [1.807, 2.05) is 6.92 Å². The Bertz CT molecular complexity index is 266. The van der Waals surface area contributed by atoms with E-state index in [1.165, 1.54) is 0 Å². The molecule has 4 nitrogen and oxygen atoms in total. The fraction of sp³-hybridized carbons (Fsp3) is 0.700. The van der Waals surface area contributed by atoms with Gasteiger partial charge in [0, 0.05) is 6.54 Å². The van der Waals surface area contributed by atoms with Gasteiger partial charge in [-0.15, -0.1) is 0 Å². The number of hydrogen-bond donors (Lipinski definition) is 1. The Balaban J connectivity index is 2.59. The fourth-order valence-corrected chi connectivity index (χ4v) is 1.50. The van der Waals surface area contributed by atoms with Crippen LogP contribution in [0.4, 0.5) is 0 Å². The number of morpholine rings is 1. The normalized spacial score (nSPS) is 26.6. The van der Waals surface area contributed by atoms with Gasteiger partial charge in [0.2, 0.25) is 0 Å². The van der Waals surface area contributed by atoms with Gasteiger partial charge >= 0.3 is 0 Å². The van der Waals surface area contributed by atoms with Crippen molar-refractivity contribution >= 4 is 5.91 Å². The molecular weight excluding hydrogens is 182 g/mol. The van der Waals surface area contributed by atoms with Crippen molar-refractivity contribution in [2.45, 2.75) is 26.1 Å². The highest BCUT2D eigenvalue weighted by molar-refractivity contribution is 5.93. The lowest BCUT2D eigenvalue weighted by Crippen LogP contribution is -2.50. The third kappa shape index (κ3) is 2.72. The SMILES string of the molecule is CC#CC(=O)N1CC(C)OC(CO)C1. The van der Waals surface area contributed by atoms with E-state index < -0.39 is 0 Å². The number of carbonyl (C=O) groups is 1. The van der Waals surface area contributed by atoms with Gasteiger partial charge in [0.15, 0.2) is 0 Å². The summed E-state index contributed by atoms with van der Waals surface area (Å²) in [6, 6.07) is 0. The number of aliphatic hydroxyl groups excluding tert-OH is 1. The molecule has 1 amide bonds. The molecule has 1 aliphatic heterocycles. The lowest BCUT2D eigenvalue weighted by molar-refractivity contribution is -0.141. The minimum Gasteiger partial charge on any atom is -0.394 e. The van der Waals surface area contributed by atoms with Gasteiger partial charge in [0.1, 0.15) is 0 Å². The maximum Gasteiger partial charge on any atom is 0.298 e. The molecule has 2 unspecified atom stereocenters. The van der Waals surface area contributed by atoms with Gasteiger partial charge in [-0.3, -0.25) is 4.79 Å². The maximum atomic E-state index is 11.4. The van der Waals surface area contributed by atoms with Gasteiger partial charge in [-0.25, -0.2) is 0 Å². The molecule has 1 N–H and O–H groups in total. The molecular formula is C10H15NO3. The Morgan fingerprint density at radius 3 is 2.93 bits per heavy atom. The molecule has 0 saturated carbocycles. The van der Waals surface area contributed by atoms with Gasteiger partial charge in [0.05, 0.1) is 25.4 Å². The van der Waals surface area contributed by atoms with E-state index in [1.54, 1.807) is 11.8 Å². The second-order valence-electron chi connectivity index (χ2n) is 3.34. The molecule has 14 heavy (non-hydrogen) atoms. The van der Waals surface area contributed by atoms with Crippen molar-refractivity contribution in [2.24, 2.45) is 0 Å².